The Hall–Kier alpha value is -2.32. The highest BCUT2D eigenvalue weighted by Gasteiger charge is 2.41. The number of ketones is 1. The van der Waals surface area contributed by atoms with Gasteiger partial charge in [-0.15, -0.1) is 0 Å². The molecule has 8 heteroatoms. The highest BCUT2D eigenvalue weighted by molar-refractivity contribution is 6.04. The van der Waals surface area contributed by atoms with Gasteiger partial charge in [0, 0.05) is 49.1 Å². The van der Waals surface area contributed by atoms with Crippen molar-refractivity contribution in [1.82, 2.24) is 20.1 Å². The monoisotopic (exact) mass is 418 g/mol. The molecule has 1 aliphatic carbocycles. The molecule has 1 saturated carbocycles. The fraction of sp³-hybridized carbons (Fsp3) is 0.591. The van der Waals surface area contributed by atoms with Gasteiger partial charge in [-0.1, -0.05) is 13.0 Å². The standard InChI is InChI=1S/C22H31FN4O3/c1-13(2)26(4)19(21(29)25-11-9-23)14(3)27-12-17-16(22(27)30)8-10-24-18(17)20(28)15-6-5-7-15/h8,10,14-15,19,21,25,29H,1,5-7,9,11-12H2,2-4H3. The number of hydrogen-bond donors (Lipinski definition) is 2. The predicted octanol–water partition coefficient (Wildman–Crippen LogP) is 2.12. The van der Waals surface area contributed by atoms with E-state index in [9.17, 15) is 19.1 Å². The van der Waals surface area contributed by atoms with E-state index in [1.54, 1.807) is 22.9 Å². The van der Waals surface area contributed by atoms with Crippen molar-refractivity contribution in [2.24, 2.45) is 5.92 Å². The van der Waals surface area contributed by atoms with Crippen LogP contribution in [0.3, 0.4) is 0 Å². The third kappa shape index (κ3) is 4.11. The van der Waals surface area contributed by atoms with Crippen LogP contribution in [0.25, 0.3) is 0 Å². The number of rotatable bonds is 10. The number of nitrogens with one attached hydrogen (secondary N) is 1. The summed E-state index contributed by atoms with van der Waals surface area (Å²) < 4.78 is 12.6. The van der Waals surface area contributed by atoms with Crippen LogP contribution in [0.1, 0.15) is 59.5 Å². The lowest BCUT2D eigenvalue weighted by atomic mass is 9.80. The van der Waals surface area contributed by atoms with Crippen LogP contribution in [-0.4, -0.2) is 70.2 Å². The average molecular weight is 419 g/mol. The van der Waals surface area contributed by atoms with E-state index in [1.807, 2.05) is 13.8 Å². The molecule has 2 N–H and O–H groups in total. The number of carbonyl (C=O) groups is 2. The van der Waals surface area contributed by atoms with Crippen molar-refractivity contribution < 1.29 is 19.1 Å². The van der Waals surface area contributed by atoms with E-state index >= 15 is 0 Å². The molecule has 7 nitrogen and oxygen atoms in total. The fourth-order valence-corrected chi connectivity index (χ4v) is 4.22. The average Bonchev–Trinajstić information content (AvgIpc) is 3.01. The molecule has 30 heavy (non-hydrogen) atoms. The van der Waals surface area contributed by atoms with Crippen LogP contribution in [-0.2, 0) is 6.54 Å². The summed E-state index contributed by atoms with van der Waals surface area (Å²) >= 11 is 0. The number of hydrogen-bond acceptors (Lipinski definition) is 6. The van der Waals surface area contributed by atoms with Gasteiger partial charge < -0.3 is 14.9 Å². The first-order valence-electron chi connectivity index (χ1n) is 10.5. The predicted molar refractivity (Wildman–Crippen MR) is 112 cm³/mol. The highest BCUT2D eigenvalue weighted by atomic mass is 19.1. The van der Waals surface area contributed by atoms with Gasteiger partial charge in [0.15, 0.2) is 5.78 Å². The van der Waals surface area contributed by atoms with Crippen LogP contribution >= 0.6 is 0 Å². The number of aromatic nitrogens is 1. The van der Waals surface area contributed by atoms with Crippen LogP contribution in [0.4, 0.5) is 4.39 Å². The summed E-state index contributed by atoms with van der Waals surface area (Å²) in [6.45, 7) is 7.24. The molecular weight excluding hydrogens is 387 g/mol. The van der Waals surface area contributed by atoms with Crippen molar-refractivity contribution in [2.75, 3.05) is 20.3 Å². The molecule has 3 atom stereocenters. The first-order chi connectivity index (χ1) is 14.3. The molecule has 1 aliphatic heterocycles. The zero-order chi connectivity index (χ0) is 22.0. The third-order valence-corrected chi connectivity index (χ3v) is 6.39. The zero-order valence-electron chi connectivity index (χ0n) is 17.9. The van der Waals surface area contributed by atoms with E-state index < -0.39 is 25.0 Å². The van der Waals surface area contributed by atoms with Crippen LogP contribution < -0.4 is 5.32 Å². The number of pyridine rings is 1. The number of nitrogens with zero attached hydrogens (tertiary/aromatic N) is 3. The van der Waals surface area contributed by atoms with E-state index in [0.717, 1.165) is 19.3 Å². The number of aliphatic hydroxyl groups excluding tert-OH is 1. The quantitative estimate of drug-likeness (QED) is 0.447. The second-order valence-corrected chi connectivity index (χ2v) is 8.28. The van der Waals surface area contributed by atoms with Crippen molar-refractivity contribution in [2.45, 2.75) is 58.0 Å². The number of allylic oxidation sites excluding steroid dienone is 1. The number of amides is 1. The number of halogens is 1. The molecule has 2 aliphatic rings. The molecule has 3 rings (SSSR count). The van der Waals surface area contributed by atoms with E-state index in [1.165, 1.54) is 6.20 Å². The minimum absolute atomic E-state index is 0.000374. The van der Waals surface area contributed by atoms with Gasteiger partial charge in [0.25, 0.3) is 5.91 Å². The fourth-order valence-electron chi connectivity index (χ4n) is 4.22. The third-order valence-electron chi connectivity index (χ3n) is 6.39. The molecule has 164 valence electrons. The molecule has 0 bridgehead atoms. The maximum absolute atomic E-state index is 13.2. The largest absolute Gasteiger partial charge is 0.376 e. The van der Waals surface area contributed by atoms with E-state index in [4.69, 9.17) is 0 Å². The molecule has 1 amide bonds. The maximum atomic E-state index is 13.2. The Kier molecular flexibility index (Phi) is 6.88. The smallest absolute Gasteiger partial charge is 0.254 e. The summed E-state index contributed by atoms with van der Waals surface area (Å²) in [5, 5.41) is 13.4. The SMILES string of the molecule is C=C(C)N(C)C(C(O)NCCF)C(C)N1Cc2c(ccnc2C(=O)C2CCC2)C1=O. The summed E-state index contributed by atoms with van der Waals surface area (Å²) in [6.07, 6.45) is 3.24. The minimum atomic E-state index is -1.07. The number of Topliss-reactive ketones (excluding diaryl/α,β-unsaturated/α-hetero) is 1. The van der Waals surface area contributed by atoms with Gasteiger partial charge in [-0.2, -0.15) is 0 Å². The molecule has 1 aromatic heterocycles. The number of alkyl halides is 1. The lowest BCUT2D eigenvalue weighted by molar-refractivity contribution is 0.00520. The topological polar surface area (TPSA) is 85.8 Å². The van der Waals surface area contributed by atoms with Gasteiger partial charge in [0.2, 0.25) is 0 Å². The van der Waals surface area contributed by atoms with E-state index in [-0.39, 0.29) is 30.7 Å². The second-order valence-electron chi connectivity index (χ2n) is 8.28. The maximum Gasteiger partial charge on any atom is 0.254 e. The summed E-state index contributed by atoms with van der Waals surface area (Å²) in [5.41, 5.74) is 2.25. The van der Waals surface area contributed by atoms with Crippen molar-refractivity contribution in [1.29, 1.82) is 0 Å². The molecule has 0 radical (unpaired) electrons. The normalized spacial score (nSPS) is 19.1. The summed E-state index contributed by atoms with van der Waals surface area (Å²) in [4.78, 5) is 33.8. The molecule has 0 spiro atoms. The number of carbonyl (C=O) groups excluding carboxylic acids is 2. The Morgan fingerprint density at radius 1 is 1.50 bits per heavy atom. The molecular formula is C22H31FN4O3. The number of fused-ring (bicyclic) bond motifs is 1. The molecule has 3 unspecified atom stereocenters. The van der Waals surface area contributed by atoms with Crippen LogP contribution in [0.2, 0.25) is 0 Å². The lowest BCUT2D eigenvalue weighted by Gasteiger charge is -2.41. The highest BCUT2D eigenvalue weighted by Crippen LogP contribution is 2.34. The zero-order valence-corrected chi connectivity index (χ0v) is 17.9. The molecule has 1 fully saturated rings. The van der Waals surface area contributed by atoms with Crippen molar-refractivity contribution in [3.8, 4) is 0 Å². The summed E-state index contributed by atoms with van der Waals surface area (Å²) in [7, 11) is 1.78. The first kappa shape index (κ1) is 22.4. The van der Waals surface area contributed by atoms with E-state index in [2.05, 4.69) is 16.9 Å². The summed E-state index contributed by atoms with van der Waals surface area (Å²) in [5.74, 6) is -0.180. The van der Waals surface area contributed by atoms with Crippen LogP contribution in [0, 0.1) is 5.92 Å². The van der Waals surface area contributed by atoms with Gasteiger partial charge in [-0.05, 0) is 32.8 Å². The van der Waals surface area contributed by atoms with Crippen molar-refractivity contribution in [3.63, 3.8) is 0 Å². The van der Waals surface area contributed by atoms with Gasteiger partial charge in [-0.3, -0.25) is 19.9 Å². The Labute approximate surface area is 177 Å². The van der Waals surface area contributed by atoms with E-state index in [0.29, 0.717) is 22.5 Å². The van der Waals surface area contributed by atoms with Gasteiger partial charge in [0.05, 0.1) is 12.1 Å². The molecule has 1 aromatic rings. The summed E-state index contributed by atoms with van der Waals surface area (Å²) in [6, 6.07) is 0.670. The van der Waals surface area contributed by atoms with Crippen LogP contribution in [0.5, 0.6) is 0 Å². The molecule has 0 aromatic carbocycles. The molecule has 2 heterocycles. The Morgan fingerprint density at radius 3 is 2.77 bits per heavy atom. The molecule has 0 saturated heterocycles. The van der Waals surface area contributed by atoms with Crippen LogP contribution in [0.15, 0.2) is 24.5 Å². The Balaban J connectivity index is 1.87. The van der Waals surface area contributed by atoms with Gasteiger partial charge in [-0.25, -0.2) is 4.39 Å². The van der Waals surface area contributed by atoms with Gasteiger partial charge in [0.1, 0.15) is 18.6 Å². The first-order valence-corrected chi connectivity index (χ1v) is 10.5. The lowest BCUT2D eigenvalue weighted by Crippen LogP contribution is -2.58. The Bertz CT molecular complexity index is 827. The number of aliphatic hydroxyl groups is 1. The number of likely N-dealkylation sites (N-methyl/N-ethyl adjacent to an activating group) is 1. The Morgan fingerprint density at radius 2 is 2.20 bits per heavy atom. The van der Waals surface area contributed by atoms with Crippen molar-refractivity contribution >= 4 is 11.7 Å². The van der Waals surface area contributed by atoms with Gasteiger partial charge >= 0.3 is 0 Å². The van der Waals surface area contributed by atoms with Crippen molar-refractivity contribution in [3.05, 3.63) is 41.4 Å². The minimum Gasteiger partial charge on any atom is -0.376 e. The second kappa shape index (κ2) is 9.22.